The first-order valence-electron chi connectivity index (χ1n) is 10.3. The lowest BCUT2D eigenvalue weighted by atomic mass is 10.1. The minimum atomic E-state index is 0.387. The number of aryl methyl sites for hydroxylation is 1. The summed E-state index contributed by atoms with van der Waals surface area (Å²) in [6, 6.07) is 25.5. The van der Waals surface area contributed by atoms with Crippen molar-refractivity contribution in [3.8, 4) is 34.5 Å². The van der Waals surface area contributed by atoms with E-state index in [1.165, 1.54) is 5.56 Å². The number of para-hydroxylation sites is 2. The van der Waals surface area contributed by atoms with Crippen LogP contribution in [0.5, 0.6) is 11.5 Å². The molecule has 6 nitrogen and oxygen atoms in total. The Morgan fingerprint density at radius 1 is 0.812 bits per heavy atom. The first-order valence-corrected chi connectivity index (χ1v) is 10.3. The highest BCUT2D eigenvalue weighted by molar-refractivity contribution is 5.81. The fraction of sp³-hybridized carbons (Fsp3) is 0.115. The Morgan fingerprint density at radius 2 is 1.66 bits per heavy atom. The SMILES string of the molecule is COc1ccccc1OCc1cccc(-c2nnc(-c3ccc4cc(C)ccc4n3)o2)c1. The molecular weight excluding hydrogens is 402 g/mol. The summed E-state index contributed by atoms with van der Waals surface area (Å²) in [7, 11) is 1.63. The van der Waals surface area contributed by atoms with Gasteiger partial charge < -0.3 is 13.9 Å². The quantitative estimate of drug-likeness (QED) is 0.341. The topological polar surface area (TPSA) is 70.3 Å². The van der Waals surface area contributed by atoms with Crippen LogP contribution < -0.4 is 9.47 Å². The molecule has 2 aromatic heterocycles. The smallest absolute Gasteiger partial charge is 0.266 e. The number of rotatable bonds is 6. The predicted molar refractivity (Wildman–Crippen MR) is 123 cm³/mol. The van der Waals surface area contributed by atoms with Crippen LogP contribution in [-0.4, -0.2) is 22.3 Å². The Kier molecular flexibility index (Phi) is 5.25. The summed E-state index contributed by atoms with van der Waals surface area (Å²) in [5.74, 6) is 2.21. The normalized spacial score (nSPS) is 10.9. The van der Waals surface area contributed by atoms with Gasteiger partial charge in [0, 0.05) is 10.9 Å². The first-order chi connectivity index (χ1) is 15.7. The molecule has 0 saturated heterocycles. The van der Waals surface area contributed by atoms with E-state index >= 15 is 0 Å². The Bertz CT molecular complexity index is 1390. The van der Waals surface area contributed by atoms with Gasteiger partial charge in [-0.1, -0.05) is 42.0 Å². The maximum Gasteiger partial charge on any atom is 0.266 e. The number of pyridine rings is 1. The van der Waals surface area contributed by atoms with Crippen molar-refractivity contribution in [1.29, 1.82) is 0 Å². The van der Waals surface area contributed by atoms with Crippen molar-refractivity contribution < 1.29 is 13.9 Å². The van der Waals surface area contributed by atoms with Crippen LogP contribution in [0.3, 0.4) is 0 Å². The third kappa shape index (κ3) is 4.03. The van der Waals surface area contributed by atoms with Gasteiger partial charge in [0.05, 0.1) is 12.6 Å². The number of ether oxygens (including phenoxy) is 2. The molecule has 5 aromatic rings. The highest BCUT2D eigenvalue weighted by atomic mass is 16.5. The summed E-state index contributed by atoms with van der Waals surface area (Å²) in [5, 5.41) is 9.51. The van der Waals surface area contributed by atoms with Crippen LogP contribution in [0.1, 0.15) is 11.1 Å². The molecule has 0 saturated carbocycles. The molecule has 6 heteroatoms. The lowest BCUT2D eigenvalue weighted by Crippen LogP contribution is -1.97. The van der Waals surface area contributed by atoms with Crippen molar-refractivity contribution in [2.75, 3.05) is 7.11 Å². The molecule has 0 N–H and O–H groups in total. The number of aromatic nitrogens is 3. The fourth-order valence-electron chi connectivity index (χ4n) is 3.50. The lowest BCUT2D eigenvalue weighted by molar-refractivity contribution is 0.284. The van der Waals surface area contributed by atoms with Gasteiger partial charge in [-0.15, -0.1) is 10.2 Å². The zero-order chi connectivity index (χ0) is 21.9. The van der Waals surface area contributed by atoms with Crippen LogP contribution in [0.25, 0.3) is 33.9 Å². The third-order valence-electron chi connectivity index (χ3n) is 5.13. The molecule has 158 valence electrons. The molecule has 0 amide bonds. The van der Waals surface area contributed by atoms with E-state index in [0.717, 1.165) is 22.0 Å². The summed E-state index contributed by atoms with van der Waals surface area (Å²) in [4.78, 5) is 4.66. The van der Waals surface area contributed by atoms with E-state index in [1.807, 2.05) is 72.8 Å². The van der Waals surface area contributed by atoms with Gasteiger partial charge in [-0.3, -0.25) is 0 Å². The van der Waals surface area contributed by atoms with Crippen LogP contribution in [0.2, 0.25) is 0 Å². The number of benzene rings is 3. The van der Waals surface area contributed by atoms with Crippen molar-refractivity contribution in [3.05, 3.63) is 90.0 Å². The van der Waals surface area contributed by atoms with Gasteiger partial charge in [-0.2, -0.15) is 0 Å². The molecule has 2 heterocycles. The molecular formula is C26H21N3O3. The summed E-state index contributed by atoms with van der Waals surface area (Å²) >= 11 is 0. The van der Waals surface area contributed by atoms with E-state index < -0.39 is 0 Å². The minimum absolute atomic E-state index is 0.387. The maximum atomic E-state index is 5.94. The lowest BCUT2D eigenvalue weighted by Gasteiger charge is -2.10. The van der Waals surface area contributed by atoms with Crippen molar-refractivity contribution in [3.63, 3.8) is 0 Å². The highest BCUT2D eigenvalue weighted by Crippen LogP contribution is 2.28. The predicted octanol–water partition coefficient (Wildman–Crippen LogP) is 5.85. The molecule has 0 aliphatic heterocycles. The van der Waals surface area contributed by atoms with Gasteiger partial charge in [-0.05, 0) is 55.0 Å². The second-order valence-corrected chi connectivity index (χ2v) is 7.44. The fourth-order valence-corrected chi connectivity index (χ4v) is 3.50. The Balaban J connectivity index is 1.37. The molecule has 0 atom stereocenters. The minimum Gasteiger partial charge on any atom is -0.493 e. The van der Waals surface area contributed by atoms with E-state index in [1.54, 1.807) is 7.11 Å². The molecule has 0 fully saturated rings. The van der Waals surface area contributed by atoms with Crippen molar-refractivity contribution in [1.82, 2.24) is 15.2 Å². The molecule has 3 aromatic carbocycles. The summed E-state index contributed by atoms with van der Waals surface area (Å²) in [6.07, 6.45) is 0. The van der Waals surface area contributed by atoms with Crippen molar-refractivity contribution >= 4 is 10.9 Å². The number of methoxy groups -OCH3 is 1. The van der Waals surface area contributed by atoms with Crippen LogP contribution in [0.15, 0.2) is 83.3 Å². The largest absolute Gasteiger partial charge is 0.493 e. The van der Waals surface area contributed by atoms with Crippen molar-refractivity contribution in [2.24, 2.45) is 0 Å². The maximum absolute atomic E-state index is 5.94. The van der Waals surface area contributed by atoms with E-state index in [2.05, 4.69) is 28.2 Å². The van der Waals surface area contributed by atoms with Gasteiger partial charge in [-0.25, -0.2) is 4.98 Å². The molecule has 0 unspecified atom stereocenters. The average Bonchev–Trinajstić information content (AvgIpc) is 3.33. The highest BCUT2D eigenvalue weighted by Gasteiger charge is 2.13. The standard InChI is InChI=1S/C26H21N3O3/c1-17-10-12-21-19(14-17)11-13-22(27-21)26-29-28-25(32-26)20-7-5-6-18(15-20)16-31-24-9-4-3-8-23(24)30-2/h3-15H,16H2,1-2H3. The molecule has 0 spiro atoms. The summed E-state index contributed by atoms with van der Waals surface area (Å²) < 4.78 is 17.2. The van der Waals surface area contributed by atoms with E-state index in [0.29, 0.717) is 35.6 Å². The Hall–Kier alpha value is -4.19. The monoisotopic (exact) mass is 423 g/mol. The summed E-state index contributed by atoms with van der Waals surface area (Å²) in [6.45, 7) is 2.45. The molecule has 5 rings (SSSR count). The molecule has 0 aliphatic carbocycles. The van der Waals surface area contributed by atoms with Gasteiger partial charge in [0.25, 0.3) is 5.89 Å². The number of hydrogen-bond acceptors (Lipinski definition) is 6. The van der Waals surface area contributed by atoms with E-state index in [-0.39, 0.29) is 0 Å². The molecule has 0 radical (unpaired) electrons. The summed E-state index contributed by atoms with van der Waals surface area (Å²) in [5.41, 5.74) is 4.54. The van der Waals surface area contributed by atoms with Crippen LogP contribution in [-0.2, 0) is 6.61 Å². The van der Waals surface area contributed by atoms with Gasteiger partial charge in [0.2, 0.25) is 5.89 Å². The van der Waals surface area contributed by atoms with Crippen molar-refractivity contribution in [2.45, 2.75) is 13.5 Å². The number of fused-ring (bicyclic) bond motifs is 1. The van der Waals surface area contributed by atoms with Crippen LogP contribution in [0.4, 0.5) is 0 Å². The van der Waals surface area contributed by atoms with Crippen LogP contribution in [0, 0.1) is 6.92 Å². The Morgan fingerprint density at radius 3 is 2.53 bits per heavy atom. The van der Waals surface area contributed by atoms with Gasteiger partial charge in [0.15, 0.2) is 11.5 Å². The van der Waals surface area contributed by atoms with E-state index in [4.69, 9.17) is 13.9 Å². The Labute approximate surface area is 185 Å². The first kappa shape index (κ1) is 19.8. The zero-order valence-electron chi connectivity index (χ0n) is 17.8. The molecule has 0 bridgehead atoms. The number of hydrogen-bond donors (Lipinski definition) is 0. The van der Waals surface area contributed by atoms with Gasteiger partial charge in [0.1, 0.15) is 12.3 Å². The molecule has 0 aliphatic rings. The van der Waals surface area contributed by atoms with Crippen LogP contribution >= 0.6 is 0 Å². The third-order valence-corrected chi connectivity index (χ3v) is 5.13. The van der Waals surface area contributed by atoms with Gasteiger partial charge >= 0.3 is 0 Å². The molecule has 32 heavy (non-hydrogen) atoms. The second kappa shape index (κ2) is 8.51. The number of nitrogens with zero attached hydrogens (tertiary/aromatic N) is 3. The zero-order valence-corrected chi connectivity index (χ0v) is 17.8. The second-order valence-electron chi connectivity index (χ2n) is 7.44. The average molecular weight is 423 g/mol. The van der Waals surface area contributed by atoms with E-state index in [9.17, 15) is 0 Å².